The van der Waals surface area contributed by atoms with Crippen molar-refractivity contribution in [2.45, 2.75) is 33.2 Å². The van der Waals surface area contributed by atoms with Crippen LogP contribution < -0.4 is 5.73 Å². The zero-order chi connectivity index (χ0) is 11.7. The molecule has 1 aromatic heterocycles. The summed E-state index contributed by atoms with van der Waals surface area (Å²) in [5, 5.41) is 8.68. The Morgan fingerprint density at radius 3 is 2.69 bits per heavy atom. The average molecular weight is 217 g/mol. The number of nitrogens with zero attached hydrogens (tertiary/aromatic N) is 1. The lowest BCUT2D eigenvalue weighted by Crippen LogP contribution is -2.04. The molecule has 0 fully saturated rings. The zero-order valence-electron chi connectivity index (χ0n) is 10.1. The van der Waals surface area contributed by atoms with Crippen LogP contribution in [-0.2, 0) is 6.42 Å². The predicted octanol–water partition coefficient (Wildman–Crippen LogP) is 2.78. The quantitative estimate of drug-likeness (QED) is 0.830. The fourth-order valence-electron chi connectivity index (χ4n) is 1.93. The summed E-state index contributed by atoms with van der Waals surface area (Å²) in [4.78, 5) is 0. The van der Waals surface area contributed by atoms with Crippen molar-refractivity contribution in [2.24, 2.45) is 11.7 Å². The van der Waals surface area contributed by atoms with E-state index in [-0.39, 0.29) is 6.04 Å². The summed E-state index contributed by atoms with van der Waals surface area (Å²) < 4.78 is 0. The fraction of sp³-hybridized carbons (Fsp3) is 0.462. The van der Waals surface area contributed by atoms with Gasteiger partial charge in [0.15, 0.2) is 0 Å². The van der Waals surface area contributed by atoms with Crippen LogP contribution in [0, 0.1) is 5.92 Å². The Bertz CT molecular complexity index is 483. The molecule has 0 aliphatic heterocycles. The largest absolute Gasteiger partial charge is 0.324 e. The molecule has 3 nitrogen and oxygen atoms in total. The second-order valence-corrected chi connectivity index (χ2v) is 4.87. The lowest BCUT2D eigenvalue weighted by molar-refractivity contribution is 0.636. The van der Waals surface area contributed by atoms with E-state index in [1.54, 1.807) is 0 Å². The van der Waals surface area contributed by atoms with Crippen molar-refractivity contribution in [3.05, 3.63) is 29.5 Å². The number of aromatic nitrogens is 2. The molecule has 0 aliphatic rings. The summed E-state index contributed by atoms with van der Waals surface area (Å²) in [5.74, 6) is 0.636. The van der Waals surface area contributed by atoms with Gasteiger partial charge in [-0.05, 0) is 30.9 Å². The van der Waals surface area contributed by atoms with Gasteiger partial charge in [0.1, 0.15) is 0 Å². The van der Waals surface area contributed by atoms with Gasteiger partial charge in [0.25, 0.3) is 0 Å². The molecule has 0 saturated heterocycles. The van der Waals surface area contributed by atoms with Crippen LogP contribution in [0.1, 0.15) is 38.1 Å². The van der Waals surface area contributed by atoms with Crippen molar-refractivity contribution < 1.29 is 0 Å². The maximum absolute atomic E-state index is 5.85. The molecular weight excluding hydrogens is 198 g/mol. The molecule has 3 N–H and O–H groups in total. The molecule has 2 aromatic rings. The molecule has 0 spiro atoms. The first-order valence-corrected chi connectivity index (χ1v) is 5.80. The van der Waals surface area contributed by atoms with Gasteiger partial charge in [-0.15, -0.1) is 0 Å². The van der Waals surface area contributed by atoms with Gasteiger partial charge in [-0.1, -0.05) is 26.0 Å². The highest BCUT2D eigenvalue weighted by Gasteiger charge is 2.08. The van der Waals surface area contributed by atoms with Gasteiger partial charge < -0.3 is 5.73 Å². The highest BCUT2D eigenvalue weighted by atomic mass is 15.1. The van der Waals surface area contributed by atoms with Crippen molar-refractivity contribution in [2.75, 3.05) is 0 Å². The third-order valence-electron chi connectivity index (χ3n) is 2.80. The van der Waals surface area contributed by atoms with Crippen LogP contribution in [0.2, 0.25) is 0 Å². The summed E-state index contributed by atoms with van der Waals surface area (Å²) in [6.07, 6.45) is 1.04. The first-order chi connectivity index (χ1) is 7.58. The third-order valence-corrected chi connectivity index (χ3v) is 2.80. The lowest BCUT2D eigenvalue weighted by Gasteiger charge is -2.05. The maximum atomic E-state index is 5.85. The van der Waals surface area contributed by atoms with Crippen molar-refractivity contribution in [1.82, 2.24) is 10.2 Å². The molecule has 0 saturated carbocycles. The molecule has 2 rings (SSSR count). The van der Waals surface area contributed by atoms with Crippen LogP contribution in [0.15, 0.2) is 18.2 Å². The van der Waals surface area contributed by atoms with E-state index < -0.39 is 0 Å². The van der Waals surface area contributed by atoms with Crippen LogP contribution in [-0.4, -0.2) is 10.2 Å². The van der Waals surface area contributed by atoms with Crippen LogP contribution in [0.4, 0.5) is 0 Å². The number of fused-ring (bicyclic) bond motifs is 1. The number of benzene rings is 1. The van der Waals surface area contributed by atoms with Crippen molar-refractivity contribution >= 4 is 10.9 Å². The van der Waals surface area contributed by atoms with Gasteiger partial charge in [0.2, 0.25) is 0 Å². The Kier molecular flexibility index (Phi) is 2.97. The number of rotatable bonds is 3. The van der Waals surface area contributed by atoms with E-state index in [1.165, 1.54) is 11.1 Å². The monoisotopic (exact) mass is 217 g/mol. The lowest BCUT2D eigenvalue weighted by atomic mass is 10.0. The Morgan fingerprint density at radius 1 is 1.31 bits per heavy atom. The van der Waals surface area contributed by atoms with Crippen molar-refractivity contribution in [3.63, 3.8) is 0 Å². The van der Waals surface area contributed by atoms with E-state index >= 15 is 0 Å². The van der Waals surface area contributed by atoms with E-state index in [1.807, 2.05) is 6.92 Å². The number of hydrogen-bond acceptors (Lipinski definition) is 2. The van der Waals surface area contributed by atoms with Crippen LogP contribution in [0.25, 0.3) is 10.9 Å². The summed E-state index contributed by atoms with van der Waals surface area (Å²) in [6, 6.07) is 6.34. The van der Waals surface area contributed by atoms with E-state index in [9.17, 15) is 0 Å². The average Bonchev–Trinajstić information content (AvgIpc) is 2.60. The predicted molar refractivity (Wildman–Crippen MR) is 67.2 cm³/mol. The highest BCUT2D eigenvalue weighted by Crippen LogP contribution is 2.21. The topological polar surface area (TPSA) is 54.7 Å². The van der Waals surface area contributed by atoms with E-state index in [4.69, 9.17) is 5.73 Å². The minimum absolute atomic E-state index is 0.0645. The number of nitrogens with one attached hydrogen (secondary N) is 1. The van der Waals surface area contributed by atoms with Crippen molar-refractivity contribution in [3.8, 4) is 0 Å². The van der Waals surface area contributed by atoms with Gasteiger partial charge >= 0.3 is 0 Å². The Hall–Kier alpha value is -1.35. The van der Waals surface area contributed by atoms with Gasteiger partial charge in [-0.3, -0.25) is 5.10 Å². The van der Waals surface area contributed by atoms with Gasteiger partial charge in [0, 0.05) is 17.1 Å². The molecule has 0 aliphatic carbocycles. The highest BCUT2D eigenvalue weighted by molar-refractivity contribution is 5.82. The molecule has 1 aromatic carbocycles. The first kappa shape index (κ1) is 11.1. The van der Waals surface area contributed by atoms with Crippen LogP contribution in [0.5, 0.6) is 0 Å². The Morgan fingerprint density at radius 2 is 2.06 bits per heavy atom. The molecule has 0 amide bonds. The molecule has 1 atom stereocenters. The number of hydrogen-bond donors (Lipinski definition) is 2. The van der Waals surface area contributed by atoms with Crippen molar-refractivity contribution in [1.29, 1.82) is 0 Å². The standard InChI is InChI=1S/C13H19N3/c1-8(2)6-12-11-5-4-10(9(3)14)7-13(11)16-15-12/h4-5,7-9H,6,14H2,1-3H3,(H,15,16). The first-order valence-electron chi connectivity index (χ1n) is 5.80. The van der Waals surface area contributed by atoms with Crippen LogP contribution >= 0.6 is 0 Å². The Balaban J connectivity index is 2.42. The van der Waals surface area contributed by atoms with Gasteiger partial charge in [0.05, 0.1) is 5.52 Å². The molecule has 0 bridgehead atoms. The molecule has 3 heteroatoms. The number of aromatic amines is 1. The van der Waals surface area contributed by atoms with E-state index in [2.05, 4.69) is 42.2 Å². The molecule has 1 unspecified atom stereocenters. The minimum atomic E-state index is 0.0645. The number of H-pyrrole nitrogens is 1. The third kappa shape index (κ3) is 2.09. The van der Waals surface area contributed by atoms with E-state index in [0.29, 0.717) is 5.92 Å². The SMILES string of the molecule is CC(C)Cc1[nH]nc2cc(C(C)N)ccc12. The summed E-state index contributed by atoms with van der Waals surface area (Å²) in [5.41, 5.74) is 9.23. The summed E-state index contributed by atoms with van der Waals surface area (Å²) in [6.45, 7) is 6.41. The van der Waals surface area contributed by atoms with Crippen LogP contribution in [0.3, 0.4) is 0 Å². The minimum Gasteiger partial charge on any atom is -0.324 e. The molecule has 86 valence electrons. The second-order valence-electron chi connectivity index (χ2n) is 4.87. The van der Waals surface area contributed by atoms with E-state index in [0.717, 1.165) is 17.5 Å². The second kappa shape index (κ2) is 4.26. The zero-order valence-corrected chi connectivity index (χ0v) is 10.1. The summed E-state index contributed by atoms with van der Waals surface area (Å²) in [7, 11) is 0. The Labute approximate surface area is 96.0 Å². The molecule has 1 heterocycles. The fourth-order valence-corrected chi connectivity index (χ4v) is 1.93. The smallest absolute Gasteiger partial charge is 0.0927 e. The summed E-state index contributed by atoms with van der Waals surface area (Å²) >= 11 is 0. The molecule has 16 heavy (non-hydrogen) atoms. The maximum Gasteiger partial charge on any atom is 0.0927 e. The molecular formula is C13H19N3. The van der Waals surface area contributed by atoms with Gasteiger partial charge in [-0.2, -0.15) is 5.10 Å². The van der Waals surface area contributed by atoms with Gasteiger partial charge in [-0.25, -0.2) is 0 Å². The molecule has 0 radical (unpaired) electrons. The normalized spacial score (nSPS) is 13.6. The number of nitrogens with two attached hydrogens (primary N) is 1.